The van der Waals surface area contributed by atoms with Gasteiger partial charge in [-0.05, 0) is 25.5 Å². The van der Waals surface area contributed by atoms with Gasteiger partial charge < -0.3 is 10.1 Å². The zero-order valence-corrected chi connectivity index (χ0v) is 12.8. The quantitative estimate of drug-likeness (QED) is 0.859. The molecular formula is C16H20N2OS. The van der Waals surface area contributed by atoms with Crippen molar-refractivity contribution in [3.8, 4) is 5.75 Å². The van der Waals surface area contributed by atoms with Crippen molar-refractivity contribution < 1.29 is 4.74 Å². The van der Waals surface area contributed by atoms with Crippen molar-refractivity contribution in [2.75, 3.05) is 13.1 Å². The van der Waals surface area contributed by atoms with Gasteiger partial charge in [0.2, 0.25) is 0 Å². The molecule has 3 rings (SSSR count). The number of hydrogen-bond acceptors (Lipinski definition) is 4. The lowest BCUT2D eigenvalue weighted by Gasteiger charge is -2.11. The van der Waals surface area contributed by atoms with Crippen molar-refractivity contribution >= 4 is 11.3 Å². The fourth-order valence-corrected chi connectivity index (χ4v) is 3.21. The summed E-state index contributed by atoms with van der Waals surface area (Å²) < 4.78 is 5.94. The fraction of sp³-hybridized carbons (Fsp3) is 0.438. The van der Waals surface area contributed by atoms with E-state index in [2.05, 4.69) is 40.8 Å². The second kappa shape index (κ2) is 5.94. The van der Waals surface area contributed by atoms with Crippen LogP contribution in [-0.4, -0.2) is 24.2 Å². The highest BCUT2D eigenvalue weighted by atomic mass is 32.1. The van der Waals surface area contributed by atoms with Crippen LogP contribution < -0.4 is 10.1 Å². The summed E-state index contributed by atoms with van der Waals surface area (Å²) in [4.78, 5) is 4.47. The van der Waals surface area contributed by atoms with Crippen LogP contribution in [0.5, 0.6) is 5.75 Å². The topological polar surface area (TPSA) is 34.2 Å². The lowest BCUT2D eigenvalue weighted by atomic mass is 10.1. The Morgan fingerprint density at radius 3 is 3.10 bits per heavy atom. The highest BCUT2D eigenvalue weighted by molar-refractivity contribution is 7.09. The molecule has 0 amide bonds. The molecule has 3 nitrogen and oxygen atoms in total. The first-order chi connectivity index (χ1) is 9.70. The Morgan fingerprint density at radius 2 is 2.30 bits per heavy atom. The molecule has 1 unspecified atom stereocenters. The zero-order valence-electron chi connectivity index (χ0n) is 12.0. The molecule has 1 aromatic heterocycles. The molecule has 0 bridgehead atoms. The number of aryl methyl sites for hydroxylation is 2. The lowest BCUT2D eigenvalue weighted by molar-refractivity contribution is 0.228. The Labute approximate surface area is 124 Å². The van der Waals surface area contributed by atoms with Crippen LogP contribution in [0.25, 0.3) is 0 Å². The van der Waals surface area contributed by atoms with Crippen LogP contribution >= 0.6 is 11.3 Å². The van der Waals surface area contributed by atoms with Crippen LogP contribution in [0.4, 0.5) is 0 Å². The van der Waals surface area contributed by atoms with Gasteiger partial charge in [-0.25, -0.2) is 4.98 Å². The summed E-state index contributed by atoms with van der Waals surface area (Å²) >= 11 is 1.72. The first kappa shape index (κ1) is 13.6. The number of hydrogen-bond donors (Lipinski definition) is 1. The number of ether oxygens (including phenoxy) is 1. The van der Waals surface area contributed by atoms with E-state index < -0.39 is 0 Å². The van der Waals surface area contributed by atoms with Crippen LogP contribution in [0.1, 0.15) is 21.8 Å². The maximum absolute atomic E-state index is 5.94. The average Bonchev–Trinajstić information content (AvgIpc) is 3.00. The number of thiazole rings is 1. The van der Waals surface area contributed by atoms with Gasteiger partial charge in [-0.1, -0.05) is 17.7 Å². The first-order valence-electron chi connectivity index (χ1n) is 7.08. The van der Waals surface area contributed by atoms with Crippen LogP contribution in [0.3, 0.4) is 0 Å². The standard InChI is InChI=1S/C16H20N2OS/c1-11-3-4-16-13(7-11)8-15(19-16)9-17-6-5-14-10-20-12(2)18-14/h3-4,7,10,15,17H,5-6,8-9H2,1-2H3. The third kappa shape index (κ3) is 3.19. The lowest BCUT2D eigenvalue weighted by Crippen LogP contribution is -2.31. The van der Waals surface area contributed by atoms with E-state index in [-0.39, 0.29) is 6.10 Å². The predicted octanol–water partition coefficient (Wildman–Crippen LogP) is 2.90. The van der Waals surface area contributed by atoms with Crippen molar-refractivity contribution in [1.29, 1.82) is 0 Å². The first-order valence-corrected chi connectivity index (χ1v) is 7.96. The second-order valence-corrected chi connectivity index (χ2v) is 6.43. The van der Waals surface area contributed by atoms with Gasteiger partial charge in [-0.15, -0.1) is 11.3 Å². The van der Waals surface area contributed by atoms with E-state index in [0.29, 0.717) is 0 Å². The van der Waals surface area contributed by atoms with Crippen molar-refractivity contribution in [1.82, 2.24) is 10.3 Å². The van der Waals surface area contributed by atoms with E-state index in [1.165, 1.54) is 16.8 Å². The predicted molar refractivity (Wildman–Crippen MR) is 82.7 cm³/mol. The molecule has 1 aliphatic heterocycles. The highest BCUT2D eigenvalue weighted by Crippen LogP contribution is 2.29. The van der Waals surface area contributed by atoms with E-state index in [9.17, 15) is 0 Å². The highest BCUT2D eigenvalue weighted by Gasteiger charge is 2.22. The zero-order chi connectivity index (χ0) is 13.9. The minimum absolute atomic E-state index is 0.268. The Balaban J connectivity index is 1.42. The molecule has 1 atom stereocenters. The Kier molecular flexibility index (Phi) is 4.03. The monoisotopic (exact) mass is 288 g/mol. The third-order valence-electron chi connectivity index (χ3n) is 3.55. The minimum atomic E-state index is 0.268. The van der Waals surface area contributed by atoms with Gasteiger partial charge in [0.15, 0.2) is 0 Å². The maximum Gasteiger partial charge on any atom is 0.123 e. The van der Waals surface area contributed by atoms with Gasteiger partial charge in [-0.2, -0.15) is 0 Å². The summed E-state index contributed by atoms with van der Waals surface area (Å²) in [6.45, 7) is 6.03. The summed E-state index contributed by atoms with van der Waals surface area (Å²) in [5, 5.41) is 6.76. The van der Waals surface area contributed by atoms with Gasteiger partial charge >= 0.3 is 0 Å². The fourth-order valence-electron chi connectivity index (χ4n) is 2.57. The number of benzene rings is 1. The summed E-state index contributed by atoms with van der Waals surface area (Å²) in [6.07, 6.45) is 2.27. The second-order valence-electron chi connectivity index (χ2n) is 5.37. The van der Waals surface area contributed by atoms with Crippen LogP contribution in [0.2, 0.25) is 0 Å². The minimum Gasteiger partial charge on any atom is -0.488 e. The molecule has 0 aliphatic carbocycles. The summed E-state index contributed by atoms with van der Waals surface area (Å²) in [7, 11) is 0. The van der Waals surface area contributed by atoms with E-state index in [1.54, 1.807) is 11.3 Å². The van der Waals surface area contributed by atoms with Crippen LogP contribution in [0, 0.1) is 13.8 Å². The molecular weight excluding hydrogens is 268 g/mol. The molecule has 0 saturated carbocycles. The number of nitrogens with zero attached hydrogens (tertiary/aromatic N) is 1. The molecule has 1 aliphatic rings. The molecule has 2 aromatic rings. The van der Waals surface area contributed by atoms with E-state index in [4.69, 9.17) is 4.74 Å². The molecule has 0 saturated heterocycles. The molecule has 0 radical (unpaired) electrons. The number of fused-ring (bicyclic) bond motifs is 1. The smallest absolute Gasteiger partial charge is 0.123 e. The molecule has 0 spiro atoms. The van der Waals surface area contributed by atoms with E-state index in [0.717, 1.165) is 36.7 Å². The summed E-state index contributed by atoms with van der Waals surface area (Å²) in [5.74, 6) is 1.05. The van der Waals surface area contributed by atoms with Crippen molar-refractivity contribution in [3.05, 3.63) is 45.4 Å². The Bertz CT molecular complexity index is 594. The van der Waals surface area contributed by atoms with Crippen LogP contribution in [0.15, 0.2) is 23.6 Å². The van der Waals surface area contributed by atoms with Crippen molar-refractivity contribution in [2.24, 2.45) is 0 Å². The molecule has 0 fully saturated rings. The number of rotatable bonds is 5. The molecule has 4 heteroatoms. The van der Waals surface area contributed by atoms with Gasteiger partial charge in [0.05, 0.1) is 10.7 Å². The van der Waals surface area contributed by atoms with Gasteiger partial charge in [0, 0.05) is 31.3 Å². The number of aromatic nitrogens is 1. The van der Waals surface area contributed by atoms with Gasteiger partial charge in [0.1, 0.15) is 11.9 Å². The Hall–Kier alpha value is -1.39. The Morgan fingerprint density at radius 1 is 1.40 bits per heavy atom. The van der Waals surface area contributed by atoms with Crippen molar-refractivity contribution in [2.45, 2.75) is 32.8 Å². The third-order valence-corrected chi connectivity index (χ3v) is 4.38. The summed E-state index contributed by atoms with van der Waals surface area (Å²) in [5.41, 5.74) is 3.83. The maximum atomic E-state index is 5.94. The molecule has 20 heavy (non-hydrogen) atoms. The SMILES string of the molecule is Cc1ccc2c(c1)CC(CNCCc1csc(C)n1)O2. The van der Waals surface area contributed by atoms with Crippen LogP contribution in [-0.2, 0) is 12.8 Å². The average molecular weight is 288 g/mol. The molecule has 1 N–H and O–H groups in total. The summed E-state index contributed by atoms with van der Waals surface area (Å²) in [6, 6.07) is 6.43. The number of nitrogens with one attached hydrogen (secondary N) is 1. The van der Waals surface area contributed by atoms with Crippen molar-refractivity contribution in [3.63, 3.8) is 0 Å². The van der Waals surface area contributed by atoms with E-state index >= 15 is 0 Å². The normalized spacial score (nSPS) is 17.0. The van der Waals surface area contributed by atoms with Gasteiger partial charge in [0.25, 0.3) is 0 Å². The molecule has 2 heterocycles. The molecule has 106 valence electrons. The van der Waals surface area contributed by atoms with E-state index in [1.807, 2.05) is 6.92 Å². The largest absolute Gasteiger partial charge is 0.488 e. The molecule has 1 aromatic carbocycles. The van der Waals surface area contributed by atoms with Gasteiger partial charge in [-0.3, -0.25) is 0 Å².